The van der Waals surface area contributed by atoms with E-state index < -0.39 is 0 Å². The van der Waals surface area contributed by atoms with E-state index in [1.54, 1.807) is 0 Å². The van der Waals surface area contributed by atoms with Crippen LogP contribution in [0.5, 0.6) is 5.75 Å². The maximum Gasteiger partial charge on any atom is 0.170 e. The molecule has 2 rings (SSSR count). The predicted molar refractivity (Wildman–Crippen MR) is 80.9 cm³/mol. The van der Waals surface area contributed by atoms with Crippen LogP contribution in [-0.2, 0) is 0 Å². The van der Waals surface area contributed by atoms with Gasteiger partial charge in [0.25, 0.3) is 0 Å². The lowest BCUT2D eigenvalue weighted by molar-refractivity contribution is 0.0835. The number of carbonyl (C=O) groups excluding carboxylic acids is 1. The lowest BCUT2D eigenvalue weighted by Gasteiger charge is -2.25. The molecule has 19 heavy (non-hydrogen) atoms. The van der Waals surface area contributed by atoms with Crippen molar-refractivity contribution in [2.45, 2.75) is 58.0 Å². The van der Waals surface area contributed by atoms with Gasteiger partial charge < -0.3 is 4.74 Å². The first-order valence-electron chi connectivity index (χ1n) is 7.20. The van der Waals surface area contributed by atoms with Crippen molar-refractivity contribution in [2.75, 3.05) is 0 Å². The van der Waals surface area contributed by atoms with Crippen LogP contribution in [0.4, 0.5) is 0 Å². The first-order chi connectivity index (χ1) is 9.20. The van der Waals surface area contributed by atoms with Crippen LogP contribution in [0.25, 0.3) is 0 Å². The highest BCUT2D eigenvalue weighted by molar-refractivity contribution is 9.10. The summed E-state index contributed by atoms with van der Waals surface area (Å²) in [6.45, 7) is 2.22. The molecule has 2 nitrogen and oxygen atoms in total. The van der Waals surface area contributed by atoms with Gasteiger partial charge in [0.05, 0.1) is 5.56 Å². The highest BCUT2D eigenvalue weighted by Crippen LogP contribution is 2.31. The van der Waals surface area contributed by atoms with Gasteiger partial charge in [0.1, 0.15) is 11.9 Å². The van der Waals surface area contributed by atoms with Gasteiger partial charge in [-0.2, -0.15) is 0 Å². The molecule has 1 aliphatic rings. The summed E-state index contributed by atoms with van der Waals surface area (Å²) in [7, 11) is 0. The molecular formula is C16H21BrO2. The number of hydrogen-bond acceptors (Lipinski definition) is 2. The normalized spacial score (nSPS) is 18.0. The van der Waals surface area contributed by atoms with E-state index >= 15 is 0 Å². The second-order valence-electron chi connectivity index (χ2n) is 5.21. The molecule has 1 atom stereocenters. The molecule has 1 heterocycles. The third-order valence-corrected chi connectivity index (χ3v) is 4.07. The fraction of sp³-hybridized carbons (Fsp3) is 0.562. The van der Waals surface area contributed by atoms with Crippen molar-refractivity contribution < 1.29 is 9.53 Å². The standard InChI is InChI=1S/C16H21BrO2/c1-2-3-4-5-6-7-13-11-15(18)14-10-12(17)8-9-16(14)19-13/h8-10,13H,2-7,11H2,1H3. The third kappa shape index (κ3) is 4.07. The minimum absolute atomic E-state index is 0.0720. The van der Waals surface area contributed by atoms with E-state index in [1.807, 2.05) is 18.2 Å². The summed E-state index contributed by atoms with van der Waals surface area (Å²) in [6, 6.07) is 5.67. The summed E-state index contributed by atoms with van der Waals surface area (Å²) in [5, 5.41) is 0. The number of carbonyl (C=O) groups is 1. The number of unbranched alkanes of at least 4 members (excludes halogenated alkanes) is 4. The minimum Gasteiger partial charge on any atom is -0.489 e. The van der Waals surface area contributed by atoms with Gasteiger partial charge in [-0.25, -0.2) is 0 Å². The average molecular weight is 325 g/mol. The van der Waals surface area contributed by atoms with Crippen LogP contribution >= 0.6 is 15.9 Å². The van der Waals surface area contributed by atoms with E-state index in [0.29, 0.717) is 6.42 Å². The smallest absolute Gasteiger partial charge is 0.170 e. The summed E-state index contributed by atoms with van der Waals surface area (Å²) in [5.74, 6) is 0.958. The van der Waals surface area contributed by atoms with Crippen LogP contribution in [0, 0.1) is 0 Å². The fourth-order valence-corrected chi connectivity index (χ4v) is 2.86. The van der Waals surface area contributed by atoms with Gasteiger partial charge in [0, 0.05) is 10.9 Å². The molecule has 1 aliphatic heterocycles. The minimum atomic E-state index is 0.0720. The Morgan fingerprint density at radius 3 is 2.84 bits per heavy atom. The quantitative estimate of drug-likeness (QED) is 0.677. The van der Waals surface area contributed by atoms with Crippen molar-refractivity contribution in [3.8, 4) is 5.75 Å². The third-order valence-electron chi connectivity index (χ3n) is 3.58. The lowest BCUT2D eigenvalue weighted by atomic mass is 9.97. The Balaban J connectivity index is 1.87. The highest BCUT2D eigenvalue weighted by atomic mass is 79.9. The molecule has 0 saturated carbocycles. The first-order valence-corrected chi connectivity index (χ1v) is 7.99. The molecule has 0 saturated heterocycles. The number of fused-ring (bicyclic) bond motifs is 1. The van der Waals surface area contributed by atoms with Crippen LogP contribution in [0.2, 0.25) is 0 Å². The Morgan fingerprint density at radius 2 is 2.05 bits per heavy atom. The van der Waals surface area contributed by atoms with Gasteiger partial charge in [-0.3, -0.25) is 4.79 Å². The number of ether oxygens (including phenoxy) is 1. The highest BCUT2D eigenvalue weighted by Gasteiger charge is 2.26. The van der Waals surface area contributed by atoms with Crippen molar-refractivity contribution in [3.63, 3.8) is 0 Å². The molecule has 1 unspecified atom stereocenters. The monoisotopic (exact) mass is 324 g/mol. The summed E-state index contributed by atoms with van der Waals surface area (Å²) < 4.78 is 6.85. The van der Waals surface area contributed by atoms with Crippen LogP contribution in [0.3, 0.4) is 0 Å². The van der Waals surface area contributed by atoms with Crippen molar-refractivity contribution in [2.24, 2.45) is 0 Å². The largest absolute Gasteiger partial charge is 0.489 e. The summed E-state index contributed by atoms with van der Waals surface area (Å²) in [5.41, 5.74) is 0.719. The molecule has 0 bridgehead atoms. The maximum atomic E-state index is 12.1. The van der Waals surface area contributed by atoms with Crippen LogP contribution < -0.4 is 4.74 Å². The van der Waals surface area contributed by atoms with E-state index in [2.05, 4.69) is 22.9 Å². The molecular weight excluding hydrogens is 304 g/mol. The molecule has 0 fully saturated rings. The Bertz CT molecular complexity index is 442. The number of halogens is 1. The number of hydrogen-bond donors (Lipinski definition) is 0. The zero-order valence-corrected chi connectivity index (χ0v) is 13.0. The van der Waals surface area contributed by atoms with Gasteiger partial charge in [0.2, 0.25) is 0 Å². The Labute approximate surface area is 123 Å². The zero-order valence-electron chi connectivity index (χ0n) is 11.5. The molecule has 0 aromatic heterocycles. The van der Waals surface area contributed by atoms with E-state index in [1.165, 1.54) is 25.7 Å². The number of rotatable bonds is 6. The Kier molecular flexibility index (Phi) is 5.44. The van der Waals surface area contributed by atoms with Gasteiger partial charge in [-0.1, -0.05) is 48.5 Å². The van der Waals surface area contributed by atoms with Crippen LogP contribution in [-0.4, -0.2) is 11.9 Å². The predicted octanol–water partition coefficient (Wildman–Crippen LogP) is 5.14. The van der Waals surface area contributed by atoms with Crippen molar-refractivity contribution >= 4 is 21.7 Å². The summed E-state index contributed by atoms with van der Waals surface area (Å²) >= 11 is 3.39. The van der Waals surface area contributed by atoms with E-state index in [0.717, 1.165) is 28.6 Å². The Morgan fingerprint density at radius 1 is 1.26 bits per heavy atom. The number of Topliss-reactive ketones (excluding diaryl/α,β-unsaturated/α-hetero) is 1. The molecule has 0 N–H and O–H groups in total. The molecule has 1 aromatic rings. The van der Waals surface area contributed by atoms with Crippen molar-refractivity contribution in [3.05, 3.63) is 28.2 Å². The molecule has 1 aromatic carbocycles. The van der Waals surface area contributed by atoms with Crippen molar-refractivity contribution in [1.29, 1.82) is 0 Å². The van der Waals surface area contributed by atoms with Gasteiger partial charge in [-0.05, 0) is 31.0 Å². The second kappa shape index (κ2) is 7.09. The van der Waals surface area contributed by atoms with Gasteiger partial charge >= 0.3 is 0 Å². The molecule has 0 radical (unpaired) electrons. The van der Waals surface area contributed by atoms with Gasteiger partial charge in [-0.15, -0.1) is 0 Å². The maximum absolute atomic E-state index is 12.1. The molecule has 0 amide bonds. The van der Waals surface area contributed by atoms with E-state index in [4.69, 9.17) is 4.74 Å². The van der Waals surface area contributed by atoms with E-state index in [-0.39, 0.29) is 11.9 Å². The molecule has 104 valence electrons. The lowest BCUT2D eigenvalue weighted by Crippen LogP contribution is -2.26. The van der Waals surface area contributed by atoms with Crippen LogP contribution in [0.1, 0.15) is 62.2 Å². The molecule has 0 spiro atoms. The molecule has 3 heteroatoms. The summed E-state index contributed by atoms with van der Waals surface area (Å²) in [4.78, 5) is 12.1. The zero-order chi connectivity index (χ0) is 13.7. The second-order valence-corrected chi connectivity index (χ2v) is 6.13. The Hall–Kier alpha value is -0.830. The SMILES string of the molecule is CCCCCCCC1CC(=O)c2cc(Br)ccc2O1. The molecule has 0 aliphatic carbocycles. The van der Waals surface area contributed by atoms with Crippen LogP contribution in [0.15, 0.2) is 22.7 Å². The fourth-order valence-electron chi connectivity index (χ4n) is 2.50. The summed E-state index contributed by atoms with van der Waals surface area (Å²) in [6.07, 6.45) is 7.85. The first kappa shape index (κ1) is 14.6. The average Bonchev–Trinajstić information content (AvgIpc) is 2.39. The van der Waals surface area contributed by atoms with Crippen molar-refractivity contribution in [1.82, 2.24) is 0 Å². The number of ketones is 1. The van der Waals surface area contributed by atoms with Gasteiger partial charge in [0.15, 0.2) is 5.78 Å². The number of benzene rings is 1. The topological polar surface area (TPSA) is 26.3 Å². The van der Waals surface area contributed by atoms with E-state index in [9.17, 15) is 4.79 Å².